The topological polar surface area (TPSA) is 0 Å². The molecule has 0 aliphatic heterocycles. The normalized spacial score (nSPS) is 12.0. The Labute approximate surface area is 60.5 Å². The summed E-state index contributed by atoms with van der Waals surface area (Å²) in [5.41, 5.74) is 0. The molecule has 0 N–H and O–H groups in total. The van der Waals surface area contributed by atoms with Gasteiger partial charge in [0.05, 0.1) is 0 Å². The van der Waals surface area contributed by atoms with Gasteiger partial charge in [0, 0.05) is 0 Å². The molecule has 0 unspecified atom stereocenters. The Morgan fingerprint density at radius 3 is 1.20 bits per heavy atom. The average molecular weight is 343 g/mol. The van der Waals surface area contributed by atoms with Crippen molar-refractivity contribution < 1.29 is 0 Å². The van der Waals surface area contributed by atoms with Gasteiger partial charge in [-0.25, -0.2) is 0 Å². The van der Waals surface area contributed by atoms with Gasteiger partial charge in [0.2, 0.25) is 0 Å². The van der Waals surface area contributed by atoms with Crippen LogP contribution in [-0.2, 0) is 0 Å². The van der Waals surface area contributed by atoms with Crippen LogP contribution in [0.5, 0.6) is 0 Å². The second-order valence-corrected chi connectivity index (χ2v) is 31.6. The third kappa shape index (κ3) is 23.9. The van der Waals surface area contributed by atoms with E-state index in [0.717, 1.165) is 0 Å². The Hall–Kier alpha value is 2.01. The van der Waals surface area contributed by atoms with E-state index in [1.807, 2.05) is 0 Å². The average Bonchev–Trinajstić information content (AvgIpc) is 0.722. The summed E-state index contributed by atoms with van der Waals surface area (Å²) in [5.74, 6) is 0. The zero-order chi connectivity index (χ0) is 4.50. The maximum atomic E-state index is 5.27. The molecule has 5 heteroatoms. The van der Waals surface area contributed by atoms with Crippen LogP contribution >= 0.6 is 33.2 Å². The van der Waals surface area contributed by atoms with Crippen molar-refractivity contribution in [2.45, 2.75) is 0 Å². The maximum absolute atomic E-state index is 5.27. The summed E-state index contributed by atoms with van der Waals surface area (Å²) in [6.07, 6.45) is 0. The van der Waals surface area contributed by atoms with E-state index < -0.39 is 2.95 Å². The molecule has 0 amide bonds. The standard InChI is InChI=1S/Cl3Si.Pb.H/c1-4(2)3;;. The summed E-state index contributed by atoms with van der Waals surface area (Å²) in [5, 5.41) is 0. The minimum atomic E-state index is -2.03. The van der Waals surface area contributed by atoms with Gasteiger partial charge in [0.1, 0.15) is 0 Å². The van der Waals surface area contributed by atoms with E-state index in [0.29, 0.717) is 24.9 Å². The Bertz CT molecular complexity index is 22.4. The summed E-state index contributed by atoms with van der Waals surface area (Å²) in [6, 6.07) is 0. The molecule has 0 aromatic heterocycles. The van der Waals surface area contributed by atoms with E-state index in [1.165, 1.54) is 0 Å². The molecule has 0 aliphatic rings. The van der Waals surface area contributed by atoms with Gasteiger partial charge in [-0.3, -0.25) is 0 Å². The van der Waals surface area contributed by atoms with Gasteiger partial charge in [-0.1, -0.05) is 0 Å². The van der Waals surface area contributed by atoms with E-state index in [2.05, 4.69) is 0 Å². The third-order valence-corrected chi connectivity index (χ3v) is 0. The molecule has 0 fully saturated rings. The first-order chi connectivity index (χ1) is 2.00. The van der Waals surface area contributed by atoms with Gasteiger partial charge in [-0.2, -0.15) is 0 Å². The summed E-state index contributed by atoms with van der Waals surface area (Å²) >= 11 is 16.4. The first kappa shape index (κ1) is 7.01. The van der Waals surface area contributed by atoms with Crippen molar-refractivity contribution in [1.29, 1.82) is 0 Å². The van der Waals surface area contributed by atoms with E-state index >= 15 is 0 Å². The van der Waals surface area contributed by atoms with Gasteiger partial charge in [-0.05, 0) is 0 Å². The number of hydrogen-bond acceptors (Lipinski definition) is 0. The zero-order valence-electron chi connectivity index (χ0n) is 2.21. The Balaban J connectivity index is 3.02. The first-order valence-electron chi connectivity index (χ1n) is 0.856. The Morgan fingerprint density at radius 2 is 1.20 bits per heavy atom. The molecular weight excluding hydrogens is 342 g/mol. The third-order valence-electron chi connectivity index (χ3n) is 0. The van der Waals surface area contributed by atoms with Crippen molar-refractivity contribution in [2.24, 2.45) is 0 Å². The molecule has 0 atom stereocenters. The molecule has 0 spiro atoms. The molecule has 0 saturated carbocycles. The molecule has 5 heavy (non-hydrogen) atoms. The second kappa shape index (κ2) is 2.35. The van der Waals surface area contributed by atoms with Crippen LogP contribution < -0.4 is 0 Å². The van der Waals surface area contributed by atoms with Crippen molar-refractivity contribution >= 4 is 61.1 Å². The summed E-state index contributed by atoms with van der Waals surface area (Å²) in [7, 11) is 0. The second-order valence-electron chi connectivity index (χ2n) is 0.542. The van der Waals surface area contributed by atoms with E-state index in [9.17, 15) is 0 Å². The fourth-order valence-electron chi connectivity index (χ4n) is 0. The van der Waals surface area contributed by atoms with Crippen LogP contribution in [0.15, 0.2) is 0 Å². The minimum absolute atomic E-state index is 0.567. The van der Waals surface area contributed by atoms with Crippen molar-refractivity contribution in [2.75, 3.05) is 0 Å². The predicted molar refractivity (Wildman–Crippen MR) is 30.5 cm³/mol. The van der Waals surface area contributed by atoms with Crippen molar-refractivity contribution in [3.63, 3.8) is 0 Å². The van der Waals surface area contributed by atoms with Crippen molar-refractivity contribution in [1.82, 2.24) is 0 Å². The van der Waals surface area contributed by atoms with Crippen LogP contribution in [0.25, 0.3) is 0 Å². The fourth-order valence-corrected chi connectivity index (χ4v) is 0. The number of rotatable bonds is 0. The molecule has 0 saturated heterocycles. The van der Waals surface area contributed by atoms with Crippen LogP contribution in [0, 0.1) is 0 Å². The van der Waals surface area contributed by atoms with E-state index in [-0.39, 0.29) is 0 Å². The van der Waals surface area contributed by atoms with Gasteiger partial charge in [0.15, 0.2) is 0 Å². The van der Waals surface area contributed by atoms with Crippen LogP contribution in [0.2, 0.25) is 0 Å². The first-order valence-corrected chi connectivity index (χ1v) is 12.7. The molecule has 30 valence electrons. The van der Waals surface area contributed by atoms with Crippen LogP contribution in [0.3, 0.4) is 0 Å². The van der Waals surface area contributed by atoms with Crippen LogP contribution in [0.1, 0.15) is 0 Å². The van der Waals surface area contributed by atoms with E-state index in [1.54, 1.807) is 0 Å². The molecule has 0 nitrogen and oxygen atoms in total. The predicted octanol–water partition coefficient (Wildman–Crippen LogP) is 1.04. The number of hydrogen-bond donors (Lipinski definition) is 0. The van der Waals surface area contributed by atoms with Gasteiger partial charge in [-0.15, -0.1) is 0 Å². The number of halogens is 3. The van der Waals surface area contributed by atoms with Crippen LogP contribution in [0.4, 0.5) is 0 Å². The van der Waals surface area contributed by atoms with Gasteiger partial charge >= 0.3 is 61.1 Å². The Morgan fingerprint density at radius 1 is 1.20 bits per heavy atom. The monoisotopic (exact) mass is 342 g/mol. The molecular formula is HCl3PbSi. The molecule has 0 bridgehead atoms. The molecule has 0 rings (SSSR count). The quantitative estimate of drug-likeness (QED) is 0.456. The van der Waals surface area contributed by atoms with Crippen LogP contribution in [-0.4, -0.2) is 27.9 Å². The summed E-state index contributed by atoms with van der Waals surface area (Å²) in [4.78, 5) is 0. The van der Waals surface area contributed by atoms with Gasteiger partial charge in [0.25, 0.3) is 0 Å². The van der Waals surface area contributed by atoms with Crippen molar-refractivity contribution in [3.8, 4) is 0 Å². The molecule has 0 heterocycles. The van der Waals surface area contributed by atoms with Gasteiger partial charge < -0.3 is 0 Å². The molecule has 0 aromatic carbocycles. The fraction of sp³-hybridized carbons (Fsp3) is 0. The molecule has 0 aromatic rings. The summed E-state index contributed by atoms with van der Waals surface area (Å²) in [6.45, 7) is 0. The summed E-state index contributed by atoms with van der Waals surface area (Å²) < 4.78 is -2.03. The van der Waals surface area contributed by atoms with E-state index in [4.69, 9.17) is 33.2 Å². The Kier molecular flexibility index (Phi) is 3.29. The zero-order valence-corrected chi connectivity index (χ0v) is 9.97. The molecule has 2 radical (unpaired) electrons. The SMILES string of the molecule is Cl[Si](Cl)(Cl)[PbH]. The van der Waals surface area contributed by atoms with Crippen molar-refractivity contribution in [3.05, 3.63) is 0 Å². The molecule has 0 aliphatic carbocycles.